The number of hydrogen-bond acceptors (Lipinski definition) is 2. The molecular weight excluding hydrogens is 298 g/mol. The lowest BCUT2D eigenvalue weighted by atomic mass is 10.0. The van der Waals surface area contributed by atoms with Gasteiger partial charge in [0.2, 0.25) is 0 Å². The SMILES string of the molecule is O=C1c2cc3ccccc3cc2C(=O)N1c1ccc(Cl)cc1. The molecule has 2 amide bonds. The van der Waals surface area contributed by atoms with E-state index in [2.05, 4.69) is 0 Å². The van der Waals surface area contributed by atoms with Gasteiger partial charge in [-0.1, -0.05) is 35.9 Å². The average molecular weight is 308 g/mol. The number of nitrogens with zero attached hydrogens (tertiary/aromatic N) is 1. The van der Waals surface area contributed by atoms with Gasteiger partial charge >= 0.3 is 0 Å². The lowest BCUT2D eigenvalue weighted by Crippen LogP contribution is -2.29. The molecule has 0 atom stereocenters. The molecule has 0 saturated carbocycles. The molecule has 0 fully saturated rings. The minimum atomic E-state index is -0.298. The van der Waals surface area contributed by atoms with Crippen LogP contribution in [0.4, 0.5) is 5.69 Å². The molecule has 0 unspecified atom stereocenters. The van der Waals surface area contributed by atoms with Crippen molar-refractivity contribution in [2.24, 2.45) is 0 Å². The molecule has 3 nitrogen and oxygen atoms in total. The highest BCUT2D eigenvalue weighted by atomic mass is 35.5. The predicted molar refractivity (Wildman–Crippen MR) is 86.5 cm³/mol. The summed E-state index contributed by atoms with van der Waals surface area (Å²) < 4.78 is 0. The van der Waals surface area contributed by atoms with Crippen molar-refractivity contribution in [1.29, 1.82) is 0 Å². The molecule has 3 aromatic carbocycles. The number of rotatable bonds is 1. The number of benzene rings is 3. The molecule has 106 valence electrons. The Labute approximate surface area is 131 Å². The zero-order valence-electron chi connectivity index (χ0n) is 11.4. The number of carbonyl (C=O) groups excluding carboxylic acids is 2. The van der Waals surface area contributed by atoms with Crippen LogP contribution in [0, 0.1) is 0 Å². The zero-order valence-corrected chi connectivity index (χ0v) is 12.2. The number of anilines is 1. The summed E-state index contributed by atoms with van der Waals surface area (Å²) in [5.41, 5.74) is 1.41. The van der Waals surface area contributed by atoms with E-state index in [9.17, 15) is 9.59 Å². The molecule has 4 heteroatoms. The second kappa shape index (κ2) is 4.68. The summed E-state index contributed by atoms with van der Waals surface area (Å²) in [6.07, 6.45) is 0. The van der Waals surface area contributed by atoms with Crippen molar-refractivity contribution in [3.8, 4) is 0 Å². The Morgan fingerprint density at radius 1 is 0.727 bits per heavy atom. The third-order valence-corrected chi connectivity index (χ3v) is 4.09. The zero-order chi connectivity index (χ0) is 15.3. The van der Waals surface area contributed by atoms with E-state index in [1.165, 1.54) is 4.90 Å². The Morgan fingerprint density at radius 3 is 1.73 bits per heavy atom. The fourth-order valence-corrected chi connectivity index (χ4v) is 2.88. The van der Waals surface area contributed by atoms with E-state index in [1.54, 1.807) is 36.4 Å². The van der Waals surface area contributed by atoms with Gasteiger partial charge in [0.1, 0.15) is 0 Å². The molecule has 0 aromatic heterocycles. The fraction of sp³-hybridized carbons (Fsp3) is 0. The van der Waals surface area contributed by atoms with Crippen molar-refractivity contribution in [1.82, 2.24) is 0 Å². The van der Waals surface area contributed by atoms with Gasteiger partial charge in [0.25, 0.3) is 11.8 Å². The lowest BCUT2D eigenvalue weighted by molar-refractivity contribution is 0.0926. The number of hydrogen-bond donors (Lipinski definition) is 0. The van der Waals surface area contributed by atoms with Gasteiger partial charge < -0.3 is 0 Å². The van der Waals surface area contributed by atoms with Crippen molar-refractivity contribution >= 4 is 39.9 Å². The van der Waals surface area contributed by atoms with Crippen LogP contribution in [0.25, 0.3) is 10.8 Å². The van der Waals surface area contributed by atoms with E-state index in [-0.39, 0.29) is 11.8 Å². The molecule has 0 spiro atoms. The van der Waals surface area contributed by atoms with Gasteiger partial charge in [0.05, 0.1) is 16.8 Å². The topological polar surface area (TPSA) is 37.4 Å². The van der Waals surface area contributed by atoms with Crippen LogP contribution >= 0.6 is 11.6 Å². The third kappa shape index (κ3) is 1.83. The van der Waals surface area contributed by atoms with Gasteiger partial charge in [-0.3, -0.25) is 9.59 Å². The second-order valence-corrected chi connectivity index (χ2v) is 5.60. The summed E-state index contributed by atoms with van der Waals surface area (Å²) in [5.74, 6) is -0.596. The third-order valence-electron chi connectivity index (χ3n) is 3.84. The van der Waals surface area contributed by atoms with E-state index >= 15 is 0 Å². The van der Waals surface area contributed by atoms with Crippen LogP contribution in [0.15, 0.2) is 60.7 Å². The van der Waals surface area contributed by atoms with E-state index < -0.39 is 0 Å². The van der Waals surface area contributed by atoms with Crippen LogP contribution in [0.5, 0.6) is 0 Å². The van der Waals surface area contributed by atoms with E-state index in [4.69, 9.17) is 11.6 Å². The molecule has 1 aliphatic rings. The van der Waals surface area contributed by atoms with Crippen molar-refractivity contribution in [3.63, 3.8) is 0 Å². The predicted octanol–water partition coefficient (Wildman–Crippen LogP) is 4.29. The first kappa shape index (κ1) is 13.0. The molecule has 0 bridgehead atoms. The molecule has 1 heterocycles. The van der Waals surface area contributed by atoms with Gasteiger partial charge in [-0.2, -0.15) is 0 Å². The summed E-state index contributed by atoms with van der Waals surface area (Å²) >= 11 is 5.86. The van der Waals surface area contributed by atoms with Crippen LogP contribution in [-0.4, -0.2) is 11.8 Å². The van der Waals surface area contributed by atoms with Crippen LogP contribution < -0.4 is 4.90 Å². The minimum absolute atomic E-state index is 0.298. The van der Waals surface area contributed by atoms with Crippen molar-refractivity contribution in [3.05, 3.63) is 76.8 Å². The maximum Gasteiger partial charge on any atom is 0.266 e. The highest BCUT2D eigenvalue weighted by Gasteiger charge is 2.36. The molecule has 0 radical (unpaired) electrons. The van der Waals surface area contributed by atoms with Crippen LogP contribution in [0.1, 0.15) is 20.7 Å². The molecular formula is C18H10ClNO2. The number of imide groups is 1. The van der Waals surface area contributed by atoms with Gasteiger partial charge in [0, 0.05) is 5.02 Å². The Bertz CT molecular complexity index is 877. The largest absolute Gasteiger partial charge is 0.268 e. The van der Waals surface area contributed by atoms with Crippen LogP contribution in [0.2, 0.25) is 5.02 Å². The van der Waals surface area contributed by atoms with Crippen molar-refractivity contribution in [2.45, 2.75) is 0 Å². The van der Waals surface area contributed by atoms with Gasteiger partial charge in [0.15, 0.2) is 0 Å². The average Bonchev–Trinajstić information content (AvgIpc) is 2.78. The second-order valence-electron chi connectivity index (χ2n) is 5.17. The summed E-state index contributed by atoms with van der Waals surface area (Å²) in [6.45, 7) is 0. The first-order chi connectivity index (χ1) is 10.6. The Hall–Kier alpha value is -2.65. The van der Waals surface area contributed by atoms with Gasteiger partial charge in [-0.05, 0) is 47.2 Å². The molecule has 0 saturated heterocycles. The number of fused-ring (bicyclic) bond motifs is 2. The highest BCUT2D eigenvalue weighted by Crippen LogP contribution is 2.31. The quantitative estimate of drug-likeness (QED) is 0.629. The van der Waals surface area contributed by atoms with E-state index in [1.807, 2.05) is 24.3 Å². The molecule has 1 aliphatic heterocycles. The maximum atomic E-state index is 12.6. The molecule has 4 rings (SSSR count). The molecule has 0 N–H and O–H groups in total. The summed E-state index contributed by atoms with van der Waals surface area (Å²) in [4.78, 5) is 26.4. The van der Waals surface area contributed by atoms with Crippen LogP contribution in [-0.2, 0) is 0 Å². The Balaban J connectivity index is 1.88. The van der Waals surface area contributed by atoms with Crippen molar-refractivity contribution < 1.29 is 9.59 Å². The molecule has 0 aliphatic carbocycles. The summed E-state index contributed by atoms with van der Waals surface area (Å²) in [7, 11) is 0. The highest BCUT2D eigenvalue weighted by molar-refractivity contribution is 6.35. The van der Waals surface area contributed by atoms with E-state index in [0.29, 0.717) is 21.8 Å². The van der Waals surface area contributed by atoms with Crippen molar-refractivity contribution in [2.75, 3.05) is 4.90 Å². The Morgan fingerprint density at radius 2 is 1.23 bits per heavy atom. The van der Waals surface area contributed by atoms with E-state index in [0.717, 1.165) is 10.8 Å². The molecule has 22 heavy (non-hydrogen) atoms. The standard InChI is InChI=1S/C18H10ClNO2/c19-13-5-7-14(8-6-13)20-17(21)15-9-11-3-1-2-4-12(11)10-16(15)18(20)22/h1-10H. The minimum Gasteiger partial charge on any atom is -0.268 e. The lowest BCUT2D eigenvalue weighted by Gasteiger charge is -2.13. The van der Waals surface area contributed by atoms with Gasteiger partial charge in [-0.25, -0.2) is 4.90 Å². The number of halogens is 1. The first-order valence-corrected chi connectivity index (χ1v) is 7.20. The smallest absolute Gasteiger partial charge is 0.266 e. The Kier molecular flexibility index (Phi) is 2.78. The number of carbonyl (C=O) groups is 2. The summed E-state index contributed by atoms with van der Waals surface area (Å²) in [5, 5.41) is 2.45. The normalized spacial score (nSPS) is 13.8. The monoisotopic (exact) mass is 307 g/mol. The first-order valence-electron chi connectivity index (χ1n) is 6.82. The molecule has 3 aromatic rings. The number of amides is 2. The van der Waals surface area contributed by atoms with Gasteiger partial charge in [-0.15, -0.1) is 0 Å². The summed E-state index contributed by atoms with van der Waals surface area (Å²) in [6, 6.07) is 17.9. The maximum absolute atomic E-state index is 12.6. The van der Waals surface area contributed by atoms with Crippen LogP contribution in [0.3, 0.4) is 0 Å². The fourth-order valence-electron chi connectivity index (χ4n) is 2.75.